The maximum Gasteiger partial charge on any atom is 0.263 e. The van der Waals surface area contributed by atoms with Crippen LogP contribution in [-0.4, -0.2) is 11.9 Å². The van der Waals surface area contributed by atoms with E-state index in [-0.39, 0.29) is 17.5 Å². The number of aryl methyl sites for hydroxylation is 1. The minimum absolute atomic E-state index is 0.120. The average Bonchev–Trinajstić information content (AvgIpc) is 3.01. The highest BCUT2D eigenvalue weighted by atomic mass is 16.1. The van der Waals surface area contributed by atoms with E-state index in [1.807, 2.05) is 25.1 Å². The molecule has 1 amide bonds. The lowest BCUT2D eigenvalue weighted by Gasteiger charge is -2.16. The topological polar surface area (TPSA) is 64.9 Å². The fourth-order valence-electron chi connectivity index (χ4n) is 2.99. The number of carbonyl (C=O) groups is 1. The molecular formula is C19H25N3O. The summed E-state index contributed by atoms with van der Waals surface area (Å²) in [5.74, 6) is 0.0789. The first-order valence-electron chi connectivity index (χ1n) is 8.30. The Bertz CT molecular complexity index is 635. The molecule has 23 heavy (non-hydrogen) atoms. The van der Waals surface area contributed by atoms with Crippen molar-refractivity contribution in [2.24, 2.45) is 0 Å². The molecule has 0 radical (unpaired) electrons. The molecule has 122 valence electrons. The number of anilines is 1. The highest BCUT2D eigenvalue weighted by molar-refractivity contribution is 5.97. The van der Waals surface area contributed by atoms with E-state index in [4.69, 9.17) is 0 Å². The molecule has 0 aliphatic heterocycles. The average molecular weight is 311 g/mol. The van der Waals surface area contributed by atoms with Crippen LogP contribution in [0.2, 0.25) is 0 Å². The molecule has 1 fully saturated rings. The lowest BCUT2D eigenvalue weighted by Crippen LogP contribution is -2.33. The summed E-state index contributed by atoms with van der Waals surface area (Å²) in [6, 6.07) is 8.33. The summed E-state index contributed by atoms with van der Waals surface area (Å²) < 4.78 is 0. The molecule has 0 aromatic heterocycles. The first kappa shape index (κ1) is 17.1. The van der Waals surface area contributed by atoms with Crippen LogP contribution in [0, 0.1) is 18.3 Å². The van der Waals surface area contributed by atoms with Crippen LogP contribution in [0.4, 0.5) is 5.69 Å². The molecule has 0 heterocycles. The van der Waals surface area contributed by atoms with Crippen LogP contribution in [0.15, 0.2) is 30.0 Å². The zero-order valence-electron chi connectivity index (χ0n) is 14.1. The molecule has 1 aliphatic rings. The fraction of sp³-hybridized carbons (Fsp3) is 0.474. The first-order valence-corrected chi connectivity index (χ1v) is 8.30. The van der Waals surface area contributed by atoms with Crippen LogP contribution >= 0.6 is 0 Å². The third-order valence-electron chi connectivity index (χ3n) is 4.34. The molecule has 1 aromatic carbocycles. The first-order chi connectivity index (χ1) is 11.0. The van der Waals surface area contributed by atoms with Gasteiger partial charge in [0.2, 0.25) is 0 Å². The summed E-state index contributed by atoms with van der Waals surface area (Å²) in [7, 11) is 0. The lowest BCUT2D eigenvalue weighted by atomic mass is 9.98. The number of amides is 1. The van der Waals surface area contributed by atoms with E-state index in [9.17, 15) is 10.1 Å². The van der Waals surface area contributed by atoms with Crippen molar-refractivity contribution in [3.05, 3.63) is 41.1 Å². The molecule has 1 aliphatic carbocycles. The highest BCUT2D eigenvalue weighted by Gasteiger charge is 2.19. The summed E-state index contributed by atoms with van der Waals surface area (Å²) in [6.45, 7) is 6.27. The van der Waals surface area contributed by atoms with Gasteiger partial charge in [-0.3, -0.25) is 4.79 Å². The maximum atomic E-state index is 12.2. The Labute approximate surface area is 138 Å². The normalized spacial score (nSPS) is 15.5. The summed E-state index contributed by atoms with van der Waals surface area (Å²) in [6.07, 6.45) is 5.84. The monoisotopic (exact) mass is 311 g/mol. The largest absolute Gasteiger partial charge is 0.360 e. The van der Waals surface area contributed by atoms with E-state index in [0.717, 1.165) is 36.9 Å². The van der Waals surface area contributed by atoms with Gasteiger partial charge in [0.05, 0.1) is 0 Å². The maximum absolute atomic E-state index is 12.2. The minimum Gasteiger partial charge on any atom is -0.360 e. The smallest absolute Gasteiger partial charge is 0.263 e. The van der Waals surface area contributed by atoms with E-state index in [1.165, 1.54) is 11.8 Å². The Balaban J connectivity index is 2.13. The molecule has 4 nitrogen and oxygen atoms in total. The van der Waals surface area contributed by atoms with Crippen molar-refractivity contribution in [1.82, 2.24) is 5.32 Å². The van der Waals surface area contributed by atoms with Crippen molar-refractivity contribution in [1.29, 1.82) is 5.26 Å². The number of benzene rings is 1. The van der Waals surface area contributed by atoms with E-state index in [0.29, 0.717) is 5.92 Å². The van der Waals surface area contributed by atoms with Gasteiger partial charge in [0, 0.05) is 17.9 Å². The van der Waals surface area contributed by atoms with Crippen LogP contribution in [-0.2, 0) is 4.79 Å². The fourth-order valence-corrected chi connectivity index (χ4v) is 2.99. The van der Waals surface area contributed by atoms with Gasteiger partial charge in [-0.25, -0.2) is 0 Å². The van der Waals surface area contributed by atoms with Gasteiger partial charge < -0.3 is 10.6 Å². The van der Waals surface area contributed by atoms with Crippen LogP contribution in [0.25, 0.3) is 0 Å². The van der Waals surface area contributed by atoms with Crippen molar-refractivity contribution in [3.8, 4) is 6.07 Å². The van der Waals surface area contributed by atoms with Gasteiger partial charge in [0.25, 0.3) is 5.91 Å². The molecule has 0 bridgehead atoms. The lowest BCUT2D eigenvalue weighted by molar-refractivity contribution is -0.117. The second-order valence-electron chi connectivity index (χ2n) is 6.46. The molecule has 4 heteroatoms. The van der Waals surface area contributed by atoms with Crippen LogP contribution in [0.3, 0.4) is 0 Å². The SMILES string of the molecule is Cc1cccc(C(C)C)c1N/C=C(/C#N)C(=O)NC1CCCC1. The van der Waals surface area contributed by atoms with Gasteiger partial charge in [-0.1, -0.05) is 44.9 Å². The van der Waals surface area contributed by atoms with E-state index in [1.54, 1.807) is 0 Å². The molecule has 2 rings (SSSR count). The summed E-state index contributed by atoms with van der Waals surface area (Å²) >= 11 is 0. The summed E-state index contributed by atoms with van der Waals surface area (Å²) in [5, 5.41) is 15.4. The molecular weight excluding hydrogens is 286 g/mol. The predicted octanol–water partition coefficient (Wildman–Crippen LogP) is 4.00. The summed E-state index contributed by atoms with van der Waals surface area (Å²) in [4.78, 5) is 12.2. The van der Waals surface area contributed by atoms with Crippen molar-refractivity contribution in [2.45, 2.75) is 58.4 Å². The van der Waals surface area contributed by atoms with Crippen LogP contribution in [0.1, 0.15) is 56.6 Å². The number of nitrogens with zero attached hydrogens (tertiary/aromatic N) is 1. The van der Waals surface area contributed by atoms with Crippen LogP contribution in [0.5, 0.6) is 0 Å². The molecule has 0 spiro atoms. The van der Waals surface area contributed by atoms with Crippen molar-refractivity contribution in [3.63, 3.8) is 0 Å². The Hall–Kier alpha value is -2.28. The number of nitrogens with one attached hydrogen (secondary N) is 2. The third-order valence-corrected chi connectivity index (χ3v) is 4.34. The van der Waals surface area contributed by atoms with Gasteiger partial charge in [-0.2, -0.15) is 5.26 Å². The van der Waals surface area contributed by atoms with Crippen molar-refractivity contribution >= 4 is 11.6 Å². The standard InChI is InChI=1S/C19H25N3O/c1-13(2)17-10-6-7-14(3)18(17)21-12-15(11-20)19(23)22-16-8-4-5-9-16/h6-7,10,12-13,16,21H,4-5,8-9H2,1-3H3,(H,22,23)/b15-12-. The number of hydrogen-bond acceptors (Lipinski definition) is 3. The Kier molecular flexibility index (Phi) is 5.81. The second-order valence-corrected chi connectivity index (χ2v) is 6.46. The zero-order chi connectivity index (χ0) is 16.8. The van der Waals surface area contributed by atoms with Crippen LogP contribution < -0.4 is 10.6 Å². The Morgan fingerprint density at radius 3 is 2.65 bits per heavy atom. The minimum atomic E-state index is -0.286. The molecule has 0 atom stereocenters. The third kappa shape index (κ3) is 4.35. The van der Waals surface area contributed by atoms with Crippen molar-refractivity contribution in [2.75, 3.05) is 5.32 Å². The van der Waals surface area contributed by atoms with Gasteiger partial charge in [-0.05, 0) is 36.8 Å². The number of para-hydroxylation sites is 1. The van der Waals surface area contributed by atoms with Crippen molar-refractivity contribution < 1.29 is 4.79 Å². The number of rotatable bonds is 5. The second kappa shape index (κ2) is 7.82. The van der Waals surface area contributed by atoms with Gasteiger partial charge in [0.15, 0.2) is 0 Å². The molecule has 0 saturated heterocycles. The Morgan fingerprint density at radius 2 is 2.04 bits per heavy atom. The number of carbonyl (C=O) groups excluding carboxylic acids is 1. The number of hydrogen-bond donors (Lipinski definition) is 2. The molecule has 0 unspecified atom stereocenters. The zero-order valence-corrected chi connectivity index (χ0v) is 14.1. The van der Waals surface area contributed by atoms with Gasteiger partial charge >= 0.3 is 0 Å². The number of nitriles is 1. The Morgan fingerprint density at radius 1 is 1.35 bits per heavy atom. The molecule has 1 saturated carbocycles. The quantitative estimate of drug-likeness (QED) is 0.638. The van der Waals surface area contributed by atoms with E-state index >= 15 is 0 Å². The van der Waals surface area contributed by atoms with E-state index in [2.05, 4.69) is 30.5 Å². The highest BCUT2D eigenvalue weighted by Crippen LogP contribution is 2.27. The molecule has 2 N–H and O–H groups in total. The summed E-state index contributed by atoms with van der Waals surface area (Å²) in [5.41, 5.74) is 3.37. The van der Waals surface area contributed by atoms with Gasteiger partial charge in [0.1, 0.15) is 11.6 Å². The van der Waals surface area contributed by atoms with Gasteiger partial charge in [-0.15, -0.1) is 0 Å². The van der Waals surface area contributed by atoms with E-state index < -0.39 is 0 Å². The molecule has 1 aromatic rings. The predicted molar refractivity (Wildman–Crippen MR) is 93.0 cm³/mol.